The number of para-hydroxylation sites is 2. The van der Waals surface area contributed by atoms with E-state index < -0.39 is 0 Å². The molecule has 0 aliphatic carbocycles. The third-order valence-corrected chi connectivity index (χ3v) is 9.67. The van der Waals surface area contributed by atoms with Crippen molar-refractivity contribution in [3.05, 3.63) is 176 Å². The third-order valence-electron chi connectivity index (χ3n) is 9.67. The van der Waals surface area contributed by atoms with Gasteiger partial charge in [0, 0.05) is 38.4 Å². The first-order valence-electron chi connectivity index (χ1n) is 16.4. The fourth-order valence-corrected chi connectivity index (χ4v) is 7.53. The summed E-state index contributed by atoms with van der Waals surface area (Å²) >= 11 is 0. The highest BCUT2D eigenvalue weighted by Gasteiger charge is 2.22. The van der Waals surface area contributed by atoms with Crippen molar-refractivity contribution in [3.8, 4) is 39.5 Å². The Morgan fingerprint density at radius 3 is 1.67 bits per heavy atom. The molecule has 0 N–H and O–H groups in total. The van der Waals surface area contributed by atoms with E-state index in [1.807, 2.05) is 0 Å². The average Bonchev–Trinajstić information content (AvgIpc) is 3.72. The van der Waals surface area contributed by atoms with E-state index in [9.17, 15) is 0 Å². The molecule has 0 unspecified atom stereocenters. The first-order chi connectivity index (χ1) is 23.8. The van der Waals surface area contributed by atoms with Crippen molar-refractivity contribution >= 4 is 49.0 Å². The summed E-state index contributed by atoms with van der Waals surface area (Å²) < 4.78 is 4.81. The van der Waals surface area contributed by atoms with Gasteiger partial charge in [0.15, 0.2) is 0 Å². The van der Waals surface area contributed by atoms with Crippen LogP contribution in [0.5, 0.6) is 0 Å². The Morgan fingerprint density at radius 2 is 0.938 bits per heavy atom. The zero-order chi connectivity index (χ0) is 31.6. The van der Waals surface area contributed by atoms with Crippen molar-refractivity contribution in [2.75, 3.05) is 0 Å². The average molecular weight is 612 g/mol. The van der Waals surface area contributed by atoms with Crippen molar-refractivity contribution < 1.29 is 0 Å². The quantitative estimate of drug-likeness (QED) is 0.182. The van der Waals surface area contributed by atoms with Crippen molar-refractivity contribution in [1.82, 2.24) is 14.0 Å². The molecule has 0 aliphatic heterocycles. The highest BCUT2D eigenvalue weighted by Crippen LogP contribution is 2.43. The molecule has 3 nitrogen and oxygen atoms in total. The number of benzene rings is 7. The van der Waals surface area contributed by atoms with Gasteiger partial charge in [-0.15, -0.1) is 0 Å². The van der Waals surface area contributed by atoms with E-state index in [4.69, 9.17) is 4.98 Å². The molecular weight excluding hydrogens is 583 g/mol. The third kappa shape index (κ3) is 3.98. The van der Waals surface area contributed by atoms with Crippen LogP contribution >= 0.6 is 0 Å². The van der Waals surface area contributed by atoms with Crippen LogP contribution in [0, 0.1) is 0 Å². The summed E-state index contributed by atoms with van der Waals surface area (Å²) in [5, 5.41) is 6.05. The molecule has 0 radical (unpaired) electrons. The Morgan fingerprint density at radius 1 is 0.354 bits per heavy atom. The second-order valence-corrected chi connectivity index (χ2v) is 12.4. The molecular formula is C45H29N3. The van der Waals surface area contributed by atoms with Crippen LogP contribution in [0.25, 0.3) is 88.5 Å². The molecule has 10 rings (SSSR count). The Bertz CT molecular complexity index is 2800. The number of pyridine rings is 1. The van der Waals surface area contributed by atoms with Gasteiger partial charge in [-0.05, 0) is 52.9 Å². The predicted molar refractivity (Wildman–Crippen MR) is 201 cm³/mol. The number of hydrogen-bond donors (Lipinski definition) is 0. The molecule has 3 heterocycles. The zero-order valence-electron chi connectivity index (χ0n) is 26.1. The lowest BCUT2D eigenvalue weighted by molar-refractivity contribution is 1.18. The van der Waals surface area contributed by atoms with Crippen molar-refractivity contribution in [1.29, 1.82) is 0 Å². The van der Waals surface area contributed by atoms with Gasteiger partial charge in [-0.3, -0.25) is 4.40 Å². The minimum Gasteiger partial charge on any atom is -0.309 e. The van der Waals surface area contributed by atoms with Gasteiger partial charge in [-0.2, -0.15) is 0 Å². The second kappa shape index (κ2) is 10.5. The van der Waals surface area contributed by atoms with Gasteiger partial charge < -0.3 is 4.57 Å². The van der Waals surface area contributed by atoms with E-state index in [-0.39, 0.29) is 0 Å². The van der Waals surface area contributed by atoms with E-state index in [2.05, 4.69) is 185 Å². The van der Waals surface area contributed by atoms with Crippen LogP contribution in [-0.4, -0.2) is 14.0 Å². The smallest absolute Gasteiger partial charge is 0.145 e. The van der Waals surface area contributed by atoms with Gasteiger partial charge in [0.2, 0.25) is 0 Å². The molecule has 0 saturated heterocycles. The number of fused-ring (bicyclic) bond motifs is 9. The van der Waals surface area contributed by atoms with Crippen molar-refractivity contribution in [2.24, 2.45) is 0 Å². The standard InChI is InChI=1S/C45H29N3/c1-5-15-30(16-6-1)33-25-26-36-38-28-39-37(29-42(38)47(41(36)27-33)34-21-11-4-12-22-34)35-23-13-14-24-40(35)48-44(39)43(31-17-7-2-8-18-31)46-45(48)32-19-9-3-10-20-32/h1-29H. The normalized spacial score (nSPS) is 11.8. The fraction of sp³-hybridized carbons (Fsp3) is 0. The molecule has 224 valence electrons. The molecule has 0 aliphatic rings. The largest absolute Gasteiger partial charge is 0.309 e. The van der Waals surface area contributed by atoms with Crippen LogP contribution in [0.3, 0.4) is 0 Å². The maximum Gasteiger partial charge on any atom is 0.145 e. The van der Waals surface area contributed by atoms with Crippen LogP contribution in [0.15, 0.2) is 176 Å². The number of rotatable bonds is 4. The lowest BCUT2D eigenvalue weighted by Gasteiger charge is -2.13. The van der Waals surface area contributed by atoms with Gasteiger partial charge in [-0.1, -0.05) is 140 Å². The van der Waals surface area contributed by atoms with Crippen molar-refractivity contribution in [2.45, 2.75) is 0 Å². The molecule has 0 amide bonds. The zero-order valence-corrected chi connectivity index (χ0v) is 26.1. The molecule has 0 fully saturated rings. The van der Waals surface area contributed by atoms with Crippen molar-refractivity contribution in [3.63, 3.8) is 0 Å². The Hall–Kier alpha value is -6.45. The van der Waals surface area contributed by atoms with Crippen LogP contribution in [0.4, 0.5) is 0 Å². The highest BCUT2D eigenvalue weighted by molar-refractivity contribution is 6.23. The number of aromatic nitrogens is 3. The number of nitrogens with zero attached hydrogens (tertiary/aromatic N) is 3. The lowest BCUT2D eigenvalue weighted by Crippen LogP contribution is -1.96. The molecule has 0 bridgehead atoms. The van der Waals surface area contributed by atoms with Gasteiger partial charge in [0.1, 0.15) is 5.82 Å². The maximum absolute atomic E-state index is 5.43. The van der Waals surface area contributed by atoms with Gasteiger partial charge in [0.05, 0.1) is 27.8 Å². The van der Waals surface area contributed by atoms with E-state index in [1.165, 1.54) is 49.1 Å². The van der Waals surface area contributed by atoms with E-state index in [1.54, 1.807) is 0 Å². The van der Waals surface area contributed by atoms with E-state index in [0.29, 0.717) is 0 Å². The number of hydrogen-bond acceptors (Lipinski definition) is 1. The predicted octanol–water partition coefficient (Wildman–Crippen LogP) is 11.7. The Kier molecular flexibility index (Phi) is 5.87. The second-order valence-electron chi connectivity index (χ2n) is 12.4. The molecule has 3 heteroatoms. The molecule has 0 saturated carbocycles. The van der Waals surface area contributed by atoms with Gasteiger partial charge in [-0.25, -0.2) is 4.98 Å². The highest BCUT2D eigenvalue weighted by atomic mass is 15.0. The Balaban J connectivity index is 1.41. The van der Waals surface area contributed by atoms with E-state index in [0.717, 1.165) is 39.4 Å². The molecule has 7 aromatic carbocycles. The molecule has 0 atom stereocenters. The molecule has 0 spiro atoms. The summed E-state index contributed by atoms with van der Waals surface area (Å²) in [6.45, 7) is 0. The van der Waals surface area contributed by atoms with Crippen LogP contribution in [0.2, 0.25) is 0 Å². The first kappa shape index (κ1) is 26.7. The topological polar surface area (TPSA) is 22.2 Å². The fourth-order valence-electron chi connectivity index (χ4n) is 7.53. The summed E-state index contributed by atoms with van der Waals surface area (Å²) in [6.07, 6.45) is 0. The minimum atomic E-state index is 0.946. The lowest BCUT2D eigenvalue weighted by atomic mass is 9.99. The summed E-state index contributed by atoms with van der Waals surface area (Å²) in [5.74, 6) is 0.946. The molecule has 48 heavy (non-hydrogen) atoms. The monoisotopic (exact) mass is 611 g/mol. The summed E-state index contributed by atoms with van der Waals surface area (Å²) in [4.78, 5) is 5.43. The van der Waals surface area contributed by atoms with Crippen LogP contribution in [-0.2, 0) is 0 Å². The number of imidazole rings is 1. The SMILES string of the molecule is c1ccc(-c2ccc3c4cc5c(cc4n(-c4ccccc4)c3c2)c2ccccc2n2c(-c3ccccc3)nc(-c3ccccc3)c52)cc1. The van der Waals surface area contributed by atoms with Crippen LogP contribution in [0.1, 0.15) is 0 Å². The summed E-state index contributed by atoms with van der Waals surface area (Å²) in [5.41, 5.74) is 11.4. The molecule has 10 aromatic rings. The summed E-state index contributed by atoms with van der Waals surface area (Å²) in [6, 6.07) is 63.0. The van der Waals surface area contributed by atoms with Gasteiger partial charge >= 0.3 is 0 Å². The Labute approximate surface area is 277 Å². The maximum atomic E-state index is 5.43. The molecule has 3 aromatic heterocycles. The minimum absolute atomic E-state index is 0.946. The van der Waals surface area contributed by atoms with Gasteiger partial charge in [0.25, 0.3) is 0 Å². The summed E-state index contributed by atoms with van der Waals surface area (Å²) in [7, 11) is 0. The van der Waals surface area contributed by atoms with E-state index >= 15 is 0 Å². The van der Waals surface area contributed by atoms with Crippen LogP contribution < -0.4 is 0 Å². The first-order valence-corrected chi connectivity index (χ1v) is 16.4.